The molecule has 2 heterocycles. The molecule has 3 rings (SSSR count). The number of nitrogens with zero attached hydrogens (tertiary/aromatic N) is 3. The summed E-state index contributed by atoms with van der Waals surface area (Å²) in [5.41, 5.74) is 1.61. The summed E-state index contributed by atoms with van der Waals surface area (Å²) in [5.74, 6) is -0.470. The molecule has 0 N–H and O–H groups in total. The van der Waals surface area contributed by atoms with E-state index in [9.17, 15) is 9.59 Å². The molecule has 0 spiro atoms. The lowest BCUT2D eigenvalue weighted by Crippen LogP contribution is -2.25. The Morgan fingerprint density at radius 2 is 2.00 bits per heavy atom. The van der Waals surface area contributed by atoms with E-state index in [0.29, 0.717) is 11.2 Å². The van der Waals surface area contributed by atoms with E-state index in [0.717, 1.165) is 5.56 Å². The molecule has 1 aromatic carbocycles. The molecule has 6 nitrogen and oxygen atoms in total. The van der Waals surface area contributed by atoms with Crippen LogP contribution in [0.5, 0.6) is 0 Å². The maximum atomic E-state index is 12.5. The molecule has 0 aliphatic carbocycles. The summed E-state index contributed by atoms with van der Waals surface area (Å²) < 4.78 is 7.56. The fraction of sp³-hybridized carbons (Fsp3) is 0.133. The first-order valence-corrected chi connectivity index (χ1v) is 6.39. The molecule has 21 heavy (non-hydrogen) atoms. The Morgan fingerprint density at radius 3 is 2.71 bits per heavy atom. The molecule has 0 saturated carbocycles. The van der Waals surface area contributed by atoms with Crippen LogP contribution in [0.2, 0.25) is 0 Å². The van der Waals surface area contributed by atoms with Crippen LogP contribution in [0.3, 0.4) is 0 Å². The summed E-state index contributed by atoms with van der Waals surface area (Å²) >= 11 is 0. The van der Waals surface area contributed by atoms with Crippen LogP contribution in [-0.4, -0.2) is 27.0 Å². The highest BCUT2D eigenvalue weighted by atomic mass is 16.5. The van der Waals surface area contributed by atoms with Crippen molar-refractivity contribution in [2.75, 3.05) is 7.11 Å². The Balaban J connectivity index is 2.18. The Hall–Kier alpha value is -2.89. The number of benzene rings is 1. The van der Waals surface area contributed by atoms with Crippen LogP contribution in [-0.2, 0) is 16.1 Å². The molecular weight excluding hydrogens is 270 g/mol. The molecule has 0 unspecified atom stereocenters. The zero-order valence-electron chi connectivity index (χ0n) is 11.4. The van der Waals surface area contributed by atoms with Crippen molar-refractivity contribution in [2.24, 2.45) is 0 Å². The van der Waals surface area contributed by atoms with Crippen LogP contribution in [0.15, 0.2) is 53.8 Å². The second kappa shape index (κ2) is 5.24. The van der Waals surface area contributed by atoms with E-state index in [2.05, 4.69) is 9.72 Å². The number of hydrogen-bond donors (Lipinski definition) is 0. The smallest absolute Gasteiger partial charge is 0.325 e. The van der Waals surface area contributed by atoms with E-state index < -0.39 is 5.97 Å². The van der Waals surface area contributed by atoms with Crippen LogP contribution in [0.25, 0.3) is 16.8 Å². The van der Waals surface area contributed by atoms with Crippen molar-refractivity contribution in [3.63, 3.8) is 0 Å². The molecular formula is C15H13N3O3. The average molecular weight is 283 g/mol. The lowest BCUT2D eigenvalue weighted by atomic mass is 10.1. The standard InChI is InChI=1S/C15H13N3O3/c1-21-12(19)9-17-7-8-18-10-16-13(14(18)15(17)20)11-5-3-2-4-6-11/h2-8,10H,9H2,1H3. The van der Waals surface area contributed by atoms with E-state index in [4.69, 9.17) is 0 Å². The number of ether oxygens (including phenoxy) is 1. The van der Waals surface area contributed by atoms with E-state index in [-0.39, 0.29) is 12.1 Å². The second-order valence-electron chi connectivity index (χ2n) is 4.52. The number of rotatable bonds is 3. The lowest BCUT2D eigenvalue weighted by Gasteiger charge is -2.05. The van der Waals surface area contributed by atoms with Crippen LogP contribution < -0.4 is 5.56 Å². The van der Waals surface area contributed by atoms with Crippen molar-refractivity contribution in [1.82, 2.24) is 14.0 Å². The second-order valence-corrected chi connectivity index (χ2v) is 4.52. The molecule has 106 valence electrons. The highest BCUT2D eigenvalue weighted by molar-refractivity contribution is 5.76. The Morgan fingerprint density at radius 1 is 1.24 bits per heavy atom. The van der Waals surface area contributed by atoms with Gasteiger partial charge in [-0.05, 0) is 0 Å². The van der Waals surface area contributed by atoms with Crippen LogP contribution in [0, 0.1) is 0 Å². The minimum absolute atomic E-state index is 0.120. The third-order valence-corrected chi connectivity index (χ3v) is 3.24. The Kier molecular flexibility index (Phi) is 3.27. The Bertz CT molecular complexity index is 849. The predicted molar refractivity (Wildman–Crippen MR) is 76.9 cm³/mol. The van der Waals surface area contributed by atoms with E-state index in [1.807, 2.05) is 30.3 Å². The summed E-state index contributed by atoms with van der Waals surface area (Å²) in [6.45, 7) is -0.120. The first-order chi connectivity index (χ1) is 10.2. The summed E-state index contributed by atoms with van der Waals surface area (Å²) in [6, 6.07) is 9.45. The summed E-state index contributed by atoms with van der Waals surface area (Å²) in [6.07, 6.45) is 4.82. The Labute approximate surface area is 120 Å². The summed E-state index contributed by atoms with van der Waals surface area (Å²) in [7, 11) is 1.29. The van der Waals surface area contributed by atoms with Gasteiger partial charge in [0.05, 0.1) is 7.11 Å². The maximum absolute atomic E-state index is 12.5. The quantitative estimate of drug-likeness (QED) is 0.680. The molecule has 0 amide bonds. The molecule has 2 aromatic heterocycles. The molecule has 0 bridgehead atoms. The molecule has 3 aromatic rings. The molecule has 6 heteroatoms. The molecule has 0 radical (unpaired) electrons. The number of methoxy groups -OCH3 is 1. The number of fused-ring (bicyclic) bond motifs is 1. The largest absolute Gasteiger partial charge is 0.468 e. The maximum Gasteiger partial charge on any atom is 0.325 e. The fourth-order valence-electron chi connectivity index (χ4n) is 2.18. The van der Waals surface area contributed by atoms with Gasteiger partial charge in [-0.25, -0.2) is 4.98 Å². The van der Waals surface area contributed by atoms with E-state index in [1.165, 1.54) is 11.7 Å². The molecule has 0 fully saturated rings. The molecule has 0 aliphatic heterocycles. The van der Waals surface area contributed by atoms with Gasteiger partial charge in [0.2, 0.25) is 0 Å². The number of carbonyl (C=O) groups is 1. The van der Waals surface area contributed by atoms with Gasteiger partial charge in [0.25, 0.3) is 5.56 Å². The van der Waals surface area contributed by atoms with Gasteiger partial charge in [-0.3, -0.25) is 14.0 Å². The minimum atomic E-state index is -0.470. The normalized spacial score (nSPS) is 10.7. The van der Waals surface area contributed by atoms with Crippen molar-refractivity contribution < 1.29 is 9.53 Å². The number of aromatic nitrogens is 3. The van der Waals surface area contributed by atoms with Gasteiger partial charge in [-0.15, -0.1) is 0 Å². The minimum Gasteiger partial charge on any atom is -0.468 e. The number of imidazole rings is 1. The highest BCUT2D eigenvalue weighted by Crippen LogP contribution is 2.20. The number of esters is 1. The van der Waals surface area contributed by atoms with Crippen LogP contribution >= 0.6 is 0 Å². The zero-order valence-corrected chi connectivity index (χ0v) is 11.4. The lowest BCUT2D eigenvalue weighted by molar-refractivity contribution is -0.141. The third-order valence-electron chi connectivity index (χ3n) is 3.24. The van der Waals surface area contributed by atoms with Crippen molar-refractivity contribution in [3.8, 4) is 11.3 Å². The van der Waals surface area contributed by atoms with Crippen molar-refractivity contribution in [1.29, 1.82) is 0 Å². The summed E-state index contributed by atoms with van der Waals surface area (Å²) in [4.78, 5) is 28.2. The monoisotopic (exact) mass is 283 g/mol. The van der Waals surface area contributed by atoms with Gasteiger partial charge < -0.3 is 9.30 Å². The van der Waals surface area contributed by atoms with Gasteiger partial charge in [0.15, 0.2) is 0 Å². The van der Waals surface area contributed by atoms with Crippen molar-refractivity contribution >= 4 is 11.5 Å². The van der Waals surface area contributed by atoms with E-state index >= 15 is 0 Å². The van der Waals surface area contributed by atoms with Gasteiger partial charge in [0.1, 0.15) is 24.1 Å². The molecule has 0 atom stereocenters. The van der Waals surface area contributed by atoms with Gasteiger partial charge in [-0.1, -0.05) is 30.3 Å². The summed E-state index contributed by atoms with van der Waals surface area (Å²) in [5, 5.41) is 0. The fourth-order valence-corrected chi connectivity index (χ4v) is 2.18. The van der Waals surface area contributed by atoms with Crippen LogP contribution in [0.4, 0.5) is 0 Å². The van der Waals surface area contributed by atoms with Gasteiger partial charge in [0, 0.05) is 18.0 Å². The highest BCUT2D eigenvalue weighted by Gasteiger charge is 2.13. The first-order valence-electron chi connectivity index (χ1n) is 6.39. The van der Waals surface area contributed by atoms with Crippen molar-refractivity contribution in [3.05, 3.63) is 59.4 Å². The van der Waals surface area contributed by atoms with Gasteiger partial charge in [-0.2, -0.15) is 0 Å². The van der Waals surface area contributed by atoms with Gasteiger partial charge >= 0.3 is 5.97 Å². The van der Waals surface area contributed by atoms with Crippen LogP contribution in [0.1, 0.15) is 0 Å². The predicted octanol–water partition coefficient (Wildman–Crippen LogP) is 1.34. The SMILES string of the molecule is COC(=O)Cn1ccn2cnc(-c3ccccc3)c2c1=O. The third kappa shape index (κ3) is 2.31. The van der Waals surface area contributed by atoms with Crippen molar-refractivity contribution in [2.45, 2.75) is 6.54 Å². The van der Waals surface area contributed by atoms with E-state index in [1.54, 1.807) is 23.1 Å². The number of carbonyl (C=O) groups excluding carboxylic acids is 1. The molecule has 0 aliphatic rings. The number of hydrogen-bond acceptors (Lipinski definition) is 4. The molecule has 0 saturated heterocycles. The first kappa shape index (κ1) is 13.1. The zero-order chi connectivity index (χ0) is 14.8. The average Bonchev–Trinajstić information content (AvgIpc) is 2.95. The topological polar surface area (TPSA) is 65.6 Å².